The lowest BCUT2D eigenvalue weighted by atomic mass is 10.1. The molecule has 0 aliphatic rings. The van der Waals surface area contributed by atoms with Crippen LogP contribution in [0.25, 0.3) is 0 Å². The van der Waals surface area contributed by atoms with Gasteiger partial charge in [0.25, 0.3) is 11.8 Å². The van der Waals surface area contributed by atoms with Crippen molar-refractivity contribution in [1.29, 1.82) is 0 Å². The van der Waals surface area contributed by atoms with Crippen LogP contribution in [-0.4, -0.2) is 37.4 Å². The average molecular weight is 296 g/mol. The van der Waals surface area contributed by atoms with Crippen molar-refractivity contribution in [2.24, 2.45) is 0 Å². The van der Waals surface area contributed by atoms with E-state index in [2.05, 4.69) is 17.2 Å². The minimum absolute atomic E-state index is 0.0507. The zero-order valence-electron chi connectivity index (χ0n) is 12.4. The van der Waals surface area contributed by atoms with E-state index in [1.807, 2.05) is 0 Å². The molecule has 0 atom stereocenters. The minimum atomic E-state index is -0.300. The second-order valence-corrected chi connectivity index (χ2v) is 4.74. The molecule has 1 aromatic heterocycles. The topological polar surface area (TPSA) is 62.6 Å². The quantitative estimate of drug-likeness (QED) is 0.878. The largest absolute Gasteiger partial charge is 0.459 e. The highest BCUT2D eigenvalue weighted by Gasteiger charge is 2.07. The summed E-state index contributed by atoms with van der Waals surface area (Å²) >= 11 is 0. The molecule has 0 saturated carbocycles. The van der Waals surface area contributed by atoms with Crippen molar-refractivity contribution in [3.05, 3.63) is 59.5 Å². The molecule has 0 unspecified atom stereocenters. The molecule has 0 aliphatic carbocycles. The summed E-state index contributed by atoms with van der Waals surface area (Å²) in [5, 5.41) is 2.63. The smallest absolute Gasteiger partial charge is 0.287 e. The molecule has 5 nitrogen and oxygen atoms in total. The molecule has 2 rings (SSSR count). The molecule has 0 spiro atoms. The molecular formula is C17H16N2O3. The lowest BCUT2D eigenvalue weighted by molar-refractivity contribution is 0.0827. The number of hydrogen-bond acceptors (Lipinski definition) is 3. The Morgan fingerprint density at radius 2 is 1.91 bits per heavy atom. The van der Waals surface area contributed by atoms with Crippen LogP contribution in [-0.2, 0) is 0 Å². The molecule has 2 aromatic rings. The van der Waals surface area contributed by atoms with E-state index in [-0.39, 0.29) is 24.1 Å². The summed E-state index contributed by atoms with van der Waals surface area (Å²) in [5.74, 6) is 5.67. The fraction of sp³-hybridized carbons (Fsp3) is 0.176. The van der Waals surface area contributed by atoms with Crippen LogP contribution in [0.3, 0.4) is 0 Å². The van der Waals surface area contributed by atoms with E-state index in [0.717, 1.165) is 5.56 Å². The standard InChI is InChI=1S/C17H16N2O3/c1-19(2)17(21)14-9-7-13(8-10-14)5-3-11-18-16(20)15-6-4-12-22-15/h4,6-10,12H,11H2,1-2H3,(H,18,20). The van der Waals surface area contributed by atoms with Gasteiger partial charge in [-0.3, -0.25) is 9.59 Å². The number of benzene rings is 1. The van der Waals surface area contributed by atoms with Crippen molar-refractivity contribution in [2.45, 2.75) is 0 Å². The first-order chi connectivity index (χ1) is 10.6. The van der Waals surface area contributed by atoms with E-state index in [1.54, 1.807) is 50.5 Å². The summed E-state index contributed by atoms with van der Waals surface area (Å²) < 4.78 is 4.97. The Bertz CT molecular complexity index is 705. The van der Waals surface area contributed by atoms with Crippen LogP contribution in [0.2, 0.25) is 0 Å². The lowest BCUT2D eigenvalue weighted by Gasteiger charge is -2.09. The lowest BCUT2D eigenvalue weighted by Crippen LogP contribution is -2.22. The van der Waals surface area contributed by atoms with Crippen molar-refractivity contribution in [3.63, 3.8) is 0 Å². The van der Waals surface area contributed by atoms with E-state index in [4.69, 9.17) is 4.42 Å². The van der Waals surface area contributed by atoms with Crippen molar-refractivity contribution in [1.82, 2.24) is 10.2 Å². The number of carbonyl (C=O) groups excluding carboxylic acids is 2. The fourth-order valence-electron chi connectivity index (χ4n) is 1.72. The van der Waals surface area contributed by atoms with E-state index in [1.165, 1.54) is 11.2 Å². The van der Waals surface area contributed by atoms with Crippen LogP contribution >= 0.6 is 0 Å². The molecule has 112 valence electrons. The van der Waals surface area contributed by atoms with Gasteiger partial charge in [0.2, 0.25) is 0 Å². The van der Waals surface area contributed by atoms with Crippen LogP contribution in [0, 0.1) is 11.8 Å². The van der Waals surface area contributed by atoms with E-state index in [9.17, 15) is 9.59 Å². The van der Waals surface area contributed by atoms with E-state index < -0.39 is 0 Å². The zero-order chi connectivity index (χ0) is 15.9. The predicted octanol–water partition coefficient (Wildman–Crippen LogP) is 1.76. The molecule has 0 bridgehead atoms. The summed E-state index contributed by atoms with van der Waals surface area (Å²) in [6.45, 7) is 0.220. The van der Waals surface area contributed by atoms with Gasteiger partial charge in [-0.1, -0.05) is 11.8 Å². The van der Waals surface area contributed by atoms with Gasteiger partial charge in [-0.2, -0.15) is 0 Å². The first kappa shape index (κ1) is 15.4. The van der Waals surface area contributed by atoms with Crippen molar-refractivity contribution < 1.29 is 14.0 Å². The first-order valence-corrected chi connectivity index (χ1v) is 6.70. The monoisotopic (exact) mass is 296 g/mol. The first-order valence-electron chi connectivity index (χ1n) is 6.70. The Hall–Kier alpha value is -3.00. The van der Waals surface area contributed by atoms with Crippen LogP contribution in [0.4, 0.5) is 0 Å². The molecule has 22 heavy (non-hydrogen) atoms. The second kappa shape index (κ2) is 7.14. The number of rotatable bonds is 3. The van der Waals surface area contributed by atoms with Gasteiger partial charge in [0, 0.05) is 25.2 Å². The highest BCUT2D eigenvalue weighted by molar-refractivity contribution is 5.94. The molecule has 5 heteroatoms. The summed E-state index contributed by atoms with van der Waals surface area (Å²) in [4.78, 5) is 24.8. The normalized spacial score (nSPS) is 9.55. The van der Waals surface area contributed by atoms with Gasteiger partial charge in [0.15, 0.2) is 5.76 Å². The molecule has 1 heterocycles. The maximum atomic E-state index is 11.7. The SMILES string of the molecule is CN(C)C(=O)c1ccc(C#CCNC(=O)c2ccco2)cc1. The van der Waals surface area contributed by atoms with Gasteiger partial charge in [-0.15, -0.1) is 0 Å². The number of hydrogen-bond donors (Lipinski definition) is 1. The van der Waals surface area contributed by atoms with Crippen LogP contribution in [0.5, 0.6) is 0 Å². The third kappa shape index (κ3) is 4.00. The Labute approximate surface area is 128 Å². The predicted molar refractivity (Wildman–Crippen MR) is 82.4 cm³/mol. The number of nitrogens with zero attached hydrogens (tertiary/aromatic N) is 1. The number of furan rings is 1. The van der Waals surface area contributed by atoms with Crippen LogP contribution in [0.15, 0.2) is 47.1 Å². The molecule has 1 aromatic carbocycles. The molecule has 0 saturated heterocycles. The average Bonchev–Trinajstić information content (AvgIpc) is 3.05. The van der Waals surface area contributed by atoms with Crippen LogP contribution in [0.1, 0.15) is 26.5 Å². The van der Waals surface area contributed by atoms with Gasteiger partial charge >= 0.3 is 0 Å². The van der Waals surface area contributed by atoms with Gasteiger partial charge in [0.05, 0.1) is 12.8 Å². The summed E-state index contributed by atoms with van der Waals surface area (Å²) in [5.41, 5.74) is 1.39. The third-order valence-corrected chi connectivity index (χ3v) is 2.85. The Balaban J connectivity index is 1.89. The molecule has 0 radical (unpaired) electrons. The van der Waals surface area contributed by atoms with Crippen molar-refractivity contribution in [2.75, 3.05) is 20.6 Å². The van der Waals surface area contributed by atoms with E-state index in [0.29, 0.717) is 5.56 Å². The Kier molecular flexibility index (Phi) is 4.99. The van der Waals surface area contributed by atoms with Crippen molar-refractivity contribution >= 4 is 11.8 Å². The molecular weight excluding hydrogens is 280 g/mol. The molecule has 0 fully saturated rings. The molecule has 0 aliphatic heterocycles. The minimum Gasteiger partial charge on any atom is -0.459 e. The highest BCUT2D eigenvalue weighted by atomic mass is 16.3. The zero-order valence-corrected chi connectivity index (χ0v) is 12.4. The molecule has 2 amide bonds. The van der Waals surface area contributed by atoms with Gasteiger partial charge in [-0.05, 0) is 36.4 Å². The van der Waals surface area contributed by atoms with E-state index >= 15 is 0 Å². The van der Waals surface area contributed by atoms with Gasteiger partial charge < -0.3 is 14.6 Å². The second-order valence-electron chi connectivity index (χ2n) is 4.74. The maximum absolute atomic E-state index is 11.7. The third-order valence-electron chi connectivity index (χ3n) is 2.85. The summed E-state index contributed by atoms with van der Waals surface area (Å²) in [6, 6.07) is 10.2. The summed E-state index contributed by atoms with van der Waals surface area (Å²) in [7, 11) is 3.41. The Morgan fingerprint density at radius 3 is 2.50 bits per heavy atom. The van der Waals surface area contributed by atoms with Crippen molar-refractivity contribution in [3.8, 4) is 11.8 Å². The maximum Gasteiger partial charge on any atom is 0.287 e. The molecule has 1 N–H and O–H groups in total. The van der Waals surface area contributed by atoms with Gasteiger partial charge in [0.1, 0.15) is 0 Å². The summed E-state index contributed by atoms with van der Waals surface area (Å²) in [6.07, 6.45) is 1.44. The van der Waals surface area contributed by atoms with Gasteiger partial charge in [-0.25, -0.2) is 0 Å². The Morgan fingerprint density at radius 1 is 1.18 bits per heavy atom. The number of carbonyl (C=O) groups is 2. The number of amides is 2. The highest BCUT2D eigenvalue weighted by Crippen LogP contribution is 2.05. The van der Waals surface area contributed by atoms with Crippen LogP contribution < -0.4 is 5.32 Å². The number of nitrogens with one attached hydrogen (secondary N) is 1. The fourth-order valence-corrected chi connectivity index (χ4v) is 1.72.